The Hall–Kier alpha value is -6.44. The van der Waals surface area contributed by atoms with Crippen molar-refractivity contribution in [3.05, 3.63) is 181 Å². The number of rotatable bonds is 3. The first-order valence-corrected chi connectivity index (χ1v) is 18.2. The van der Waals surface area contributed by atoms with Crippen LogP contribution in [0.25, 0.3) is 98.8 Å². The van der Waals surface area contributed by atoms with E-state index in [2.05, 4.69) is 184 Å². The maximum atomic E-state index is 6.52. The molecule has 0 unspecified atom stereocenters. The van der Waals surface area contributed by atoms with Crippen molar-refractivity contribution in [2.75, 3.05) is 0 Å². The van der Waals surface area contributed by atoms with Crippen molar-refractivity contribution in [2.45, 2.75) is 19.3 Å². The summed E-state index contributed by atoms with van der Waals surface area (Å²) in [4.78, 5) is 0. The summed E-state index contributed by atoms with van der Waals surface area (Å²) in [6.45, 7) is 4.69. The lowest BCUT2D eigenvalue weighted by Gasteiger charge is -2.21. The SMILES string of the molecule is CC1(C)c2ccc(-c3cccc(-c4c5ccccc5c(-c5ccccc5)c5ccccc45)c3)cc2-c2cc3c(cc21)oc1ccc2ccccc2c13. The third-order valence-corrected chi connectivity index (χ3v) is 11.6. The minimum absolute atomic E-state index is 0.140. The first-order valence-electron chi connectivity index (χ1n) is 18.2. The number of hydrogen-bond acceptors (Lipinski definition) is 1. The predicted molar refractivity (Wildman–Crippen MR) is 220 cm³/mol. The van der Waals surface area contributed by atoms with Gasteiger partial charge in [-0.1, -0.05) is 153 Å². The molecule has 0 atom stereocenters. The monoisotopic (exact) mass is 662 g/mol. The smallest absolute Gasteiger partial charge is 0.136 e. The van der Waals surface area contributed by atoms with Gasteiger partial charge in [0.2, 0.25) is 0 Å². The zero-order chi connectivity index (χ0) is 34.6. The van der Waals surface area contributed by atoms with Gasteiger partial charge in [0.05, 0.1) is 0 Å². The summed E-state index contributed by atoms with van der Waals surface area (Å²) in [5.74, 6) is 0. The van der Waals surface area contributed by atoms with Gasteiger partial charge in [-0.3, -0.25) is 0 Å². The van der Waals surface area contributed by atoms with Crippen molar-refractivity contribution < 1.29 is 4.42 Å². The molecule has 1 heteroatoms. The molecule has 52 heavy (non-hydrogen) atoms. The van der Waals surface area contributed by atoms with Crippen molar-refractivity contribution in [2.24, 2.45) is 0 Å². The van der Waals surface area contributed by atoms with Crippen molar-refractivity contribution in [3.8, 4) is 44.5 Å². The van der Waals surface area contributed by atoms with Crippen LogP contribution in [0.4, 0.5) is 0 Å². The average Bonchev–Trinajstić information content (AvgIpc) is 3.67. The topological polar surface area (TPSA) is 13.1 Å². The number of benzene rings is 9. The molecule has 1 nitrogen and oxygen atoms in total. The van der Waals surface area contributed by atoms with Crippen LogP contribution < -0.4 is 0 Å². The van der Waals surface area contributed by atoms with Gasteiger partial charge in [0.25, 0.3) is 0 Å². The fourth-order valence-electron chi connectivity index (χ4n) is 9.18. The molecule has 1 aromatic heterocycles. The zero-order valence-electron chi connectivity index (χ0n) is 29.1. The molecule has 0 aliphatic heterocycles. The third kappa shape index (κ3) is 4.11. The second kappa shape index (κ2) is 10.8. The van der Waals surface area contributed by atoms with Gasteiger partial charge in [-0.15, -0.1) is 0 Å². The molecular formula is C51H34O. The van der Waals surface area contributed by atoms with E-state index in [9.17, 15) is 0 Å². The van der Waals surface area contributed by atoms with Crippen LogP contribution in [0, 0.1) is 0 Å². The molecule has 244 valence electrons. The van der Waals surface area contributed by atoms with E-state index in [1.807, 2.05) is 0 Å². The van der Waals surface area contributed by atoms with Crippen LogP contribution in [0.1, 0.15) is 25.0 Å². The van der Waals surface area contributed by atoms with E-state index in [-0.39, 0.29) is 5.41 Å². The Bertz CT molecular complexity index is 3030. The molecule has 10 aromatic rings. The Balaban J connectivity index is 1.10. The standard InChI is InChI=1S/C51H34O/c1-51(2)44-25-23-34(28-41(44)42-29-43-47(30-45(42)51)52-46-26-24-31-13-6-7-18-36(31)50(43)46)33-16-12-17-35(27-33)49-39-21-10-8-19-37(39)48(32-14-4-3-5-15-32)38-20-9-11-22-40(38)49/h3-30H,1-2H3. The van der Waals surface area contributed by atoms with E-state index in [1.165, 1.54) is 98.7 Å². The Labute approximate surface area is 302 Å². The molecule has 1 heterocycles. The maximum absolute atomic E-state index is 6.52. The van der Waals surface area contributed by atoms with Crippen LogP contribution >= 0.6 is 0 Å². The molecule has 0 bridgehead atoms. The largest absolute Gasteiger partial charge is 0.456 e. The van der Waals surface area contributed by atoms with Crippen molar-refractivity contribution >= 4 is 54.3 Å². The molecule has 0 saturated heterocycles. The van der Waals surface area contributed by atoms with Gasteiger partial charge >= 0.3 is 0 Å². The lowest BCUT2D eigenvalue weighted by atomic mass is 9.82. The fourth-order valence-corrected chi connectivity index (χ4v) is 9.18. The highest BCUT2D eigenvalue weighted by molar-refractivity contribution is 6.22. The quantitative estimate of drug-likeness (QED) is 0.172. The molecule has 9 aromatic carbocycles. The molecule has 11 rings (SSSR count). The van der Waals surface area contributed by atoms with Crippen LogP contribution in [-0.4, -0.2) is 0 Å². The number of furan rings is 1. The van der Waals surface area contributed by atoms with Gasteiger partial charge in [-0.25, -0.2) is 0 Å². The molecule has 0 spiro atoms. The van der Waals surface area contributed by atoms with Crippen molar-refractivity contribution in [1.82, 2.24) is 0 Å². The van der Waals surface area contributed by atoms with Crippen LogP contribution in [0.3, 0.4) is 0 Å². The number of fused-ring (bicyclic) bond motifs is 10. The van der Waals surface area contributed by atoms with Crippen LogP contribution in [-0.2, 0) is 5.41 Å². The van der Waals surface area contributed by atoms with Gasteiger partial charge in [-0.05, 0) is 118 Å². The Morgan fingerprint density at radius 1 is 0.365 bits per heavy atom. The summed E-state index contributed by atoms with van der Waals surface area (Å²) >= 11 is 0. The van der Waals surface area contributed by atoms with Gasteiger partial charge in [0, 0.05) is 16.2 Å². The molecule has 0 radical (unpaired) electrons. The molecule has 1 aliphatic carbocycles. The molecule has 0 amide bonds. The predicted octanol–water partition coefficient (Wildman–Crippen LogP) is 14.4. The number of hydrogen-bond donors (Lipinski definition) is 0. The van der Waals surface area contributed by atoms with Gasteiger partial charge < -0.3 is 4.42 Å². The summed E-state index contributed by atoms with van der Waals surface area (Å²) in [5.41, 5.74) is 14.5. The lowest BCUT2D eigenvalue weighted by molar-refractivity contribution is 0.647. The maximum Gasteiger partial charge on any atom is 0.136 e. The van der Waals surface area contributed by atoms with E-state index in [1.54, 1.807) is 0 Å². The minimum atomic E-state index is -0.140. The summed E-state index contributed by atoms with van der Waals surface area (Å²) in [6.07, 6.45) is 0. The molecule has 1 aliphatic rings. The highest BCUT2D eigenvalue weighted by Gasteiger charge is 2.36. The third-order valence-electron chi connectivity index (χ3n) is 11.6. The van der Waals surface area contributed by atoms with Gasteiger partial charge in [-0.2, -0.15) is 0 Å². The van der Waals surface area contributed by atoms with Crippen LogP contribution in [0.2, 0.25) is 0 Å². The normalized spacial score (nSPS) is 13.3. The summed E-state index contributed by atoms with van der Waals surface area (Å²) < 4.78 is 6.52. The van der Waals surface area contributed by atoms with E-state index in [0.717, 1.165) is 11.2 Å². The van der Waals surface area contributed by atoms with E-state index in [4.69, 9.17) is 4.42 Å². The highest BCUT2D eigenvalue weighted by atomic mass is 16.3. The van der Waals surface area contributed by atoms with Crippen LogP contribution in [0.15, 0.2) is 174 Å². The highest BCUT2D eigenvalue weighted by Crippen LogP contribution is 2.52. The zero-order valence-corrected chi connectivity index (χ0v) is 29.1. The summed E-state index contributed by atoms with van der Waals surface area (Å²) in [7, 11) is 0. The minimum Gasteiger partial charge on any atom is -0.456 e. The first kappa shape index (κ1) is 29.3. The molecule has 0 N–H and O–H groups in total. The van der Waals surface area contributed by atoms with Crippen molar-refractivity contribution in [3.63, 3.8) is 0 Å². The lowest BCUT2D eigenvalue weighted by Crippen LogP contribution is -2.14. The van der Waals surface area contributed by atoms with Gasteiger partial charge in [0.1, 0.15) is 11.2 Å². The molecule has 0 fully saturated rings. The first-order chi connectivity index (χ1) is 25.5. The molecule has 0 saturated carbocycles. The van der Waals surface area contributed by atoms with E-state index >= 15 is 0 Å². The van der Waals surface area contributed by atoms with E-state index < -0.39 is 0 Å². The summed E-state index contributed by atoms with van der Waals surface area (Å²) in [5, 5.41) is 9.93. The molecular weight excluding hydrogens is 629 g/mol. The fraction of sp³-hybridized carbons (Fsp3) is 0.0588. The average molecular weight is 663 g/mol. The second-order valence-electron chi connectivity index (χ2n) is 14.8. The van der Waals surface area contributed by atoms with Crippen molar-refractivity contribution in [1.29, 1.82) is 0 Å². The Morgan fingerprint density at radius 2 is 0.942 bits per heavy atom. The van der Waals surface area contributed by atoms with E-state index in [0.29, 0.717) is 0 Å². The Morgan fingerprint density at radius 3 is 1.67 bits per heavy atom. The second-order valence-corrected chi connectivity index (χ2v) is 14.8. The summed E-state index contributed by atoms with van der Waals surface area (Å²) in [6, 6.07) is 62.4. The Kier molecular flexibility index (Phi) is 6.08. The van der Waals surface area contributed by atoms with Gasteiger partial charge in [0.15, 0.2) is 0 Å². The van der Waals surface area contributed by atoms with Crippen LogP contribution in [0.5, 0.6) is 0 Å².